The van der Waals surface area contributed by atoms with Crippen molar-refractivity contribution in [3.63, 3.8) is 0 Å². The molecule has 36 heavy (non-hydrogen) atoms. The number of carboxylic acid groups (broad SMARTS) is 1. The van der Waals surface area contributed by atoms with Gasteiger partial charge in [-0.2, -0.15) is 19.0 Å². The highest BCUT2D eigenvalue weighted by Crippen LogP contribution is 2.41. The summed E-state index contributed by atoms with van der Waals surface area (Å²) in [6, 6.07) is 2.52. The Kier molecular flexibility index (Phi) is 6.46. The monoisotopic (exact) mass is 548 g/mol. The van der Waals surface area contributed by atoms with E-state index in [0.717, 1.165) is 11.5 Å². The Hall–Kier alpha value is -3.77. The number of rotatable bonds is 8. The normalized spacial score (nSPS) is 19.8. The molecule has 0 radical (unpaired) electrons. The summed E-state index contributed by atoms with van der Waals surface area (Å²) in [5.41, 5.74) is 6.33. The second-order valence-electron chi connectivity index (χ2n) is 7.26. The van der Waals surface area contributed by atoms with Crippen molar-refractivity contribution < 1.29 is 24.3 Å². The van der Waals surface area contributed by atoms with Crippen LogP contribution in [0.25, 0.3) is 5.65 Å². The fraction of sp³-hybridized carbons (Fsp3) is 0.278. The average Bonchev–Trinajstić information content (AvgIpc) is 3.49. The molecule has 2 aliphatic heterocycles. The third-order valence-corrected chi connectivity index (χ3v) is 8.00. The lowest BCUT2D eigenvalue weighted by Gasteiger charge is -2.49. The van der Waals surface area contributed by atoms with Crippen LogP contribution >= 0.6 is 35.1 Å². The molecule has 5 rings (SSSR count). The molecule has 0 unspecified atom stereocenters. The zero-order valence-corrected chi connectivity index (χ0v) is 20.7. The van der Waals surface area contributed by atoms with Gasteiger partial charge >= 0.3 is 5.97 Å². The number of carbonyl (C=O) groups is 3. The number of fused-ring (bicyclic) bond motifs is 2. The number of aliphatic carboxylic acids is 1. The minimum atomic E-state index is -1.23. The number of thioether (sulfide) groups is 2. The highest BCUT2D eigenvalue weighted by molar-refractivity contribution is 8.01. The number of nitrogens with zero attached hydrogens (tertiary/aromatic N) is 8. The van der Waals surface area contributed by atoms with Gasteiger partial charge in [-0.25, -0.2) is 4.79 Å². The summed E-state index contributed by atoms with van der Waals surface area (Å²) < 4.78 is 5.49. The molecule has 0 bridgehead atoms. The number of aromatic nitrogens is 6. The Labute approximate surface area is 214 Å². The molecule has 0 spiro atoms. The van der Waals surface area contributed by atoms with Crippen LogP contribution in [-0.4, -0.2) is 92.7 Å². The Morgan fingerprint density at radius 3 is 2.97 bits per heavy atom. The number of carboxylic acids is 1. The van der Waals surface area contributed by atoms with Gasteiger partial charge in [0.2, 0.25) is 16.7 Å². The fourth-order valence-corrected chi connectivity index (χ4v) is 6.39. The number of hydrogen-bond donors (Lipinski definition) is 3. The van der Waals surface area contributed by atoms with Gasteiger partial charge in [0.15, 0.2) is 10.8 Å². The number of carbonyl (C=O) groups excluding carboxylic acids is 2. The number of β-lactam (4-membered cyclic amide) rings is 1. The van der Waals surface area contributed by atoms with Crippen molar-refractivity contribution in [1.82, 2.24) is 39.4 Å². The third kappa shape index (κ3) is 4.22. The van der Waals surface area contributed by atoms with Gasteiger partial charge in [-0.3, -0.25) is 14.5 Å². The lowest BCUT2D eigenvalue weighted by Crippen LogP contribution is -2.71. The second kappa shape index (κ2) is 9.70. The van der Waals surface area contributed by atoms with Crippen molar-refractivity contribution in [2.75, 3.05) is 24.3 Å². The maximum absolute atomic E-state index is 13.0. The van der Waals surface area contributed by atoms with E-state index in [1.54, 1.807) is 22.8 Å². The van der Waals surface area contributed by atoms with Gasteiger partial charge in [-0.15, -0.1) is 22.0 Å². The van der Waals surface area contributed by atoms with E-state index in [1.807, 2.05) is 0 Å². The first-order chi connectivity index (χ1) is 17.4. The smallest absolute Gasteiger partial charge is 0.352 e. The van der Waals surface area contributed by atoms with Crippen molar-refractivity contribution in [3.8, 4) is 0 Å². The van der Waals surface area contributed by atoms with Gasteiger partial charge in [0, 0.05) is 29.2 Å². The van der Waals surface area contributed by atoms with Gasteiger partial charge in [0.25, 0.3) is 11.8 Å². The number of anilines is 1. The molecular weight excluding hydrogens is 532 g/mol. The van der Waals surface area contributed by atoms with Gasteiger partial charge in [-0.1, -0.05) is 16.9 Å². The molecule has 0 aliphatic carbocycles. The molecular formula is C18H16N10O5S3. The summed E-state index contributed by atoms with van der Waals surface area (Å²) in [5, 5.41) is 28.4. The first kappa shape index (κ1) is 23.9. The molecule has 3 aromatic heterocycles. The number of amides is 2. The number of nitrogen functional groups attached to an aromatic ring is 1. The lowest BCUT2D eigenvalue weighted by atomic mass is 10.0. The maximum Gasteiger partial charge on any atom is 0.352 e. The molecule has 1 saturated heterocycles. The molecule has 0 aromatic carbocycles. The van der Waals surface area contributed by atoms with Crippen LogP contribution in [0.4, 0.5) is 5.13 Å². The summed E-state index contributed by atoms with van der Waals surface area (Å²) in [6.07, 6.45) is 1.60. The predicted octanol–water partition coefficient (Wildman–Crippen LogP) is -0.561. The largest absolute Gasteiger partial charge is 0.477 e. The van der Waals surface area contributed by atoms with Crippen LogP contribution in [-0.2, 0) is 19.2 Å². The maximum atomic E-state index is 13.0. The van der Waals surface area contributed by atoms with E-state index < -0.39 is 29.2 Å². The highest BCUT2D eigenvalue weighted by Gasteiger charge is 2.54. The van der Waals surface area contributed by atoms with Crippen LogP contribution in [0.2, 0.25) is 0 Å². The Morgan fingerprint density at radius 2 is 2.25 bits per heavy atom. The first-order valence-electron chi connectivity index (χ1n) is 10.1. The van der Waals surface area contributed by atoms with Crippen molar-refractivity contribution in [3.05, 3.63) is 35.4 Å². The number of nitrogens with two attached hydrogens (primary N) is 1. The van der Waals surface area contributed by atoms with Crippen molar-refractivity contribution in [1.29, 1.82) is 0 Å². The van der Waals surface area contributed by atoms with Crippen LogP contribution in [0.15, 0.2) is 39.9 Å². The highest BCUT2D eigenvalue weighted by atomic mass is 32.2. The summed E-state index contributed by atoms with van der Waals surface area (Å²) >= 11 is 3.48. The van der Waals surface area contributed by atoms with Crippen molar-refractivity contribution in [2.24, 2.45) is 5.16 Å². The molecule has 3 aromatic rings. The van der Waals surface area contributed by atoms with Gasteiger partial charge in [0.1, 0.15) is 24.2 Å². The van der Waals surface area contributed by atoms with Crippen LogP contribution in [0.3, 0.4) is 0 Å². The molecule has 0 saturated carbocycles. The van der Waals surface area contributed by atoms with Crippen molar-refractivity contribution in [2.45, 2.75) is 16.6 Å². The third-order valence-electron chi connectivity index (χ3n) is 5.11. The summed E-state index contributed by atoms with van der Waals surface area (Å²) in [6.45, 7) is 0. The molecule has 4 N–H and O–H groups in total. The molecule has 1 fully saturated rings. The van der Waals surface area contributed by atoms with E-state index in [0.29, 0.717) is 22.1 Å². The summed E-state index contributed by atoms with van der Waals surface area (Å²) in [7, 11) is 1.25. The van der Waals surface area contributed by atoms with E-state index in [-0.39, 0.29) is 28.1 Å². The zero-order valence-electron chi connectivity index (χ0n) is 18.3. The number of oxime groups is 1. The van der Waals surface area contributed by atoms with Gasteiger partial charge in [0.05, 0.1) is 0 Å². The molecule has 2 amide bonds. The summed E-state index contributed by atoms with van der Waals surface area (Å²) in [4.78, 5) is 47.7. The quantitative estimate of drug-likeness (QED) is 0.140. The molecule has 5 heterocycles. The van der Waals surface area contributed by atoms with Crippen molar-refractivity contribution >= 4 is 69.3 Å². The zero-order chi connectivity index (χ0) is 25.4. The minimum Gasteiger partial charge on any atom is -0.477 e. The van der Waals surface area contributed by atoms with E-state index in [9.17, 15) is 19.5 Å². The summed E-state index contributed by atoms with van der Waals surface area (Å²) in [5.74, 6) is -1.98. The standard InChI is InChI=1S/C18H16N10O5S3/c1-33-25-9(12-22-17(19)36-26-12)13(29)21-10-14(30)27-11(16(31)32)7(5-34-15(10)27)6-35-18-24-23-8-3-2-4-20-28(8)18/h2-4,10,15H,5-6H2,1H3,(H,21,29)(H,31,32)(H2,19,22,26)/b25-9-/t10-,15-/m1/s1. The van der Waals surface area contributed by atoms with E-state index >= 15 is 0 Å². The van der Waals surface area contributed by atoms with Crippen LogP contribution < -0.4 is 11.1 Å². The van der Waals surface area contributed by atoms with Crippen LogP contribution in [0.5, 0.6) is 0 Å². The Bertz CT molecular complexity index is 1440. The van der Waals surface area contributed by atoms with Gasteiger partial charge < -0.3 is 21.0 Å². The minimum absolute atomic E-state index is 0.0438. The molecule has 2 atom stereocenters. The molecule has 186 valence electrons. The van der Waals surface area contributed by atoms with Crippen LogP contribution in [0.1, 0.15) is 5.82 Å². The fourth-order valence-electron chi connectivity index (χ4n) is 3.58. The van der Waals surface area contributed by atoms with Gasteiger partial charge in [-0.05, 0) is 17.7 Å². The number of hydrogen-bond acceptors (Lipinski definition) is 14. The Morgan fingerprint density at radius 1 is 1.42 bits per heavy atom. The van der Waals surface area contributed by atoms with Crippen LogP contribution in [0, 0.1) is 0 Å². The SMILES string of the molecule is CO/N=C(\C(=O)N[C@@H]1C(=O)N2C(C(=O)O)=C(CSc3nnc4cccnn34)CS[C@H]12)c1nsc(N)n1. The molecule has 15 nitrogen and oxygen atoms in total. The van der Waals surface area contributed by atoms with E-state index in [4.69, 9.17) is 10.6 Å². The van der Waals surface area contributed by atoms with E-state index in [1.165, 1.54) is 35.5 Å². The second-order valence-corrected chi connectivity index (χ2v) is 10.1. The Balaban J connectivity index is 1.32. The molecule has 2 aliphatic rings. The number of nitrogens with one attached hydrogen (secondary N) is 1. The van der Waals surface area contributed by atoms with E-state index in [2.05, 4.69) is 35.1 Å². The first-order valence-corrected chi connectivity index (χ1v) is 12.9. The topological polar surface area (TPSA) is 203 Å². The lowest BCUT2D eigenvalue weighted by molar-refractivity contribution is -0.150. The molecule has 18 heteroatoms. The average molecular weight is 549 g/mol. The predicted molar refractivity (Wildman–Crippen MR) is 129 cm³/mol.